The Morgan fingerprint density at radius 2 is 2.50 bits per heavy atom. The molecule has 0 aromatic carbocycles. The molecule has 1 fully saturated rings. The molecule has 0 aromatic heterocycles. The van der Waals surface area contributed by atoms with Crippen LogP contribution in [0.1, 0.15) is 13.3 Å². The molecule has 0 amide bonds. The van der Waals surface area contributed by atoms with Crippen molar-refractivity contribution < 1.29 is 9.47 Å². The average molecular weight is 162 g/mol. The van der Waals surface area contributed by atoms with Gasteiger partial charge in [-0.2, -0.15) is 12.6 Å². The minimum Gasteiger partial charge on any atom is -0.379 e. The van der Waals surface area contributed by atoms with E-state index in [0.29, 0.717) is 11.9 Å². The molecule has 0 saturated carbocycles. The summed E-state index contributed by atoms with van der Waals surface area (Å²) in [7, 11) is 0. The molecule has 0 bridgehead atoms. The molecule has 1 aliphatic rings. The highest BCUT2D eigenvalue weighted by Gasteiger charge is 2.22. The predicted molar refractivity (Wildman–Crippen MR) is 43.6 cm³/mol. The zero-order valence-corrected chi connectivity index (χ0v) is 7.14. The van der Waals surface area contributed by atoms with Gasteiger partial charge in [0, 0.05) is 18.5 Å². The standard InChI is InChI=1S/C7H14O2S/c1-2-9-6-5-8-4-3-7(6)10/h6-7,10H,2-5H2,1H3. The highest BCUT2D eigenvalue weighted by molar-refractivity contribution is 7.81. The average Bonchev–Trinajstić information content (AvgIpc) is 1.94. The Bertz CT molecular complexity index is 95.6. The molecule has 1 heterocycles. The SMILES string of the molecule is CCOC1COCCC1S. The Labute approximate surface area is 67.3 Å². The van der Waals surface area contributed by atoms with Gasteiger partial charge in [-0.15, -0.1) is 0 Å². The lowest BCUT2D eigenvalue weighted by Crippen LogP contribution is -2.35. The van der Waals surface area contributed by atoms with Gasteiger partial charge >= 0.3 is 0 Å². The second-order valence-corrected chi connectivity index (χ2v) is 3.09. The van der Waals surface area contributed by atoms with Crippen molar-refractivity contribution in [3.63, 3.8) is 0 Å². The highest BCUT2D eigenvalue weighted by Crippen LogP contribution is 2.16. The van der Waals surface area contributed by atoms with Crippen molar-refractivity contribution in [3.8, 4) is 0 Å². The van der Waals surface area contributed by atoms with Crippen LogP contribution in [0.2, 0.25) is 0 Å². The van der Waals surface area contributed by atoms with E-state index in [1.54, 1.807) is 0 Å². The number of ether oxygens (including phenoxy) is 2. The summed E-state index contributed by atoms with van der Waals surface area (Å²) in [4.78, 5) is 0. The third-order valence-corrected chi connectivity index (χ3v) is 2.24. The number of thiol groups is 1. The van der Waals surface area contributed by atoms with Gasteiger partial charge in [-0.3, -0.25) is 0 Å². The van der Waals surface area contributed by atoms with Crippen LogP contribution in [0.5, 0.6) is 0 Å². The van der Waals surface area contributed by atoms with Crippen molar-refractivity contribution in [2.45, 2.75) is 24.7 Å². The lowest BCUT2D eigenvalue weighted by atomic mass is 10.1. The van der Waals surface area contributed by atoms with Crippen LogP contribution in [-0.2, 0) is 9.47 Å². The van der Waals surface area contributed by atoms with E-state index in [9.17, 15) is 0 Å². The van der Waals surface area contributed by atoms with E-state index in [1.807, 2.05) is 6.92 Å². The predicted octanol–water partition coefficient (Wildman–Crippen LogP) is 1.11. The summed E-state index contributed by atoms with van der Waals surface area (Å²) in [5.41, 5.74) is 0. The molecule has 0 spiro atoms. The quantitative estimate of drug-likeness (QED) is 0.613. The van der Waals surface area contributed by atoms with Crippen molar-refractivity contribution in [2.24, 2.45) is 0 Å². The summed E-state index contributed by atoms with van der Waals surface area (Å²) in [6.07, 6.45) is 1.22. The summed E-state index contributed by atoms with van der Waals surface area (Å²) in [6.45, 7) is 4.29. The summed E-state index contributed by atoms with van der Waals surface area (Å²) < 4.78 is 10.6. The Balaban J connectivity index is 2.25. The van der Waals surface area contributed by atoms with Crippen molar-refractivity contribution in [3.05, 3.63) is 0 Å². The molecule has 3 heteroatoms. The molecule has 2 nitrogen and oxygen atoms in total. The van der Waals surface area contributed by atoms with Gasteiger partial charge in [0.05, 0.1) is 12.7 Å². The van der Waals surface area contributed by atoms with E-state index in [-0.39, 0.29) is 6.10 Å². The lowest BCUT2D eigenvalue weighted by molar-refractivity contribution is -0.0410. The van der Waals surface area contributed by atoms with Crippen LogP contribution in [0, 0.1) is 0 Å². The molecule has 0 N–H and O–H groups in total. The van der Waals surface area contributed by atoms with Crippen LogP contribution >= 0.6 is 12.6 Å². The molecular weight excluding hydrogens is 148 g/mol. The van der Waals surface area contributed by atoms with Crippen molar-refractivity contribution in [2.75, 3.05) is 19.8 Å². The van der Waals surface area contributed by atoms with Crippen molar-refractivity contribution >= 4 is 12.6 Å². The number of rotatable bonds is 2. The minimum absolute atomic E-state index is 0.210. The Morgan fingerprint density at radius 1 is 1.70 bits per heavy atom. The molecule has 0 aromatic rings. The van der Waals surface area contributed by atoms with E-state index in [1.165, 1.54) is 0 Å². The maximum Gasteiger partial charge on any atom is 0.0924 e. The van der Waals surface area contributed by atoms with Gasteiger partial charge in [-0.1, -0.05) is 0 Å². The van der Waals surface area contributed by atoms with Gasteiger partial charge in [0.25, 0.3) is 0 Å². The van der Waals surface area contributed by atoms with E-state index < -0.39 is 0 Å². The van der Waals surface area contributed by atoms with Gasteiger partial charge < -0.3 is 9.47 Å². The maximum absolute atomic E-state index is 5.39. The number of hydrogen-bond donors (Lipinski definition) is 1. The van der Waals surface area contributed by atoms with Crippen LogP contribution in [-0.4, -0.2) is 31.2 Å². The largest absolute Gasteiger partial charge is 0.379 e. The molecule has 1 aliphatic heterocycles. The Hall–Kier alpha value is 0.270. The smallest absolute Gasteiger partial charge is 0.0924 e. The van der Waals surface area contributed by atoms with Gasteiger partial charge in [0.2, 0.25) is 0 Å². The molecular formula is C7H14O2S. The second kappa shape index (κ2) is 4.21. The van der Waals surface area contributed by atoms with Crippen LogP contribution in [0.4, 0.5) is 0 Å². The topological polar surface area (TPSA) is 18.5 Å². The lowest BCUT2D eigenvalue weighted by Gasteiger charge is -2.27. The third kappa shape index (κ3) is 2.15. The molecule has 2 atom stereocenters. The monoisotopic (exact) mass is 162 g/mol. The van der Waals surface area contributed by atoms with E-state index >= 15 is 0 Å². The normalized spacial score (nSPS) is 34.2. The van der Waals surface area contributed by atoms with Crippen molar-refractivity contribution in [1.82, 2.24) is 0 Å². The molecule has 1 saturated heterocycles. The first-order valence-electron chi connectivity index (χ1n) is 3.72. The molecule has 0 radical (unpaired) electrons. The molecule has 1 rings (SSSR count). The summed E-state index contributed by atoms with van der Waals surface area (Å²) in [5.74, 6) is 0. The van der Waals surface area contributed by atoms with Crippen LogP contribution < -0.4 is 0 Å². The highest BCUT2D eigenvalue weighted by atomic mass is 32.1. The maximum atomic E-state index is 5.39. The molecule has 0 aliphatic carbocycles. The first kappa shape index (κ1) is 8.37. The van der Waals surface area contributed by atoms with Crippen LogP contribution in [0.15, 0.2) is 0 Å². The summed E-state index contributed by atoms with van der Waals surface area (Å²) >= 11 is 4.39. The van der Waals surface area contributed by atoms with Gasteiger partial charge in [-0.05, 0) is 13.3 Å². The minimum atomic E-state index is 0.210. The first-order valence-corrected chi connectivity index (χ1v) is 4.23. The Kier molecular flexibility index (Phi) is 3.52. The first-order chi connectivity index (χ1) is 4.84. The van der Waals surface area contributed by atoms with Crippen LogP contribution in [0.25, 0.3) is 0 Å². The zero-order valence-electron chi connectivity index (χ0n) is 6.25. The fourth-order valence-electron chi connectivity index (χ4n) is 1.07. The Morgan fingerprint density at radius 3 is 3.10 bits per heavy atom. The second-order valence-electron chi connectivity index (χ2n) is 2.42. The van der Waals surface area contributed by atoms with E-state index in [2.05, 4.69) is 12.6 Å². The van der Waals surface area contributed by atoms with Crippen LogP contribution in [0.3, 0.4) is 0 Å². The molecule has 2 unspecified atom stereocenters. The zero-order chi connectivity index (χ0) is 7.40. The van der Waals surface area contributed by atoms with E-state index in [0.717, 1.165) is 19.6 Å². The molecule has 60 valence electrons. The fourth-order valence-corrected chi connectivity index (χ4v) is 1.35. The third-order valence-electron chi connectivity index (χ3n) is 1.65. The van der Waals surface area contributed by atoms with Gasteiger partial charge in [0.1, 0.15) is 0 Å². The summed E-state index contributed by atoms with van der Waals surface area (Å²) in [6, 6.07) is 0. The van der Waals surface area contributed by atoms with Crippen molar-refractivity contribution in [1.29, 1.82) is 0 Å². The fraction of sp³-hybridized carbons (Fsp3) is 1.00. The van der Waals surface area contributed by atoms with E-state index in [4.69, 9.17) is 9.47 Å². The molecule has 10 heavy (non-hydrogen) atoms. The van der Waals surface area contributed by atoms with Gasteiger partial charge in [0.15, 0.2) is 0 Å². The van der Waals surface area contributed by atoms with Gasteiger partial charge in [-0.25, -0.2) is 0 Å². The summed E-state index contributed by atoms with van der Waals surface area (Å²) in [5, 5.41) is 0.369. The number of hydrogen-bond acceptors (Lipinski definition) is 3.